The van der Waals surface area contributed by atoms with Gasteiger partial charge in [0.1, 0.15) is 5.60 Å². The molecule has 10 heteroatoms. The Morgan fingerprint density at radius 2 is 1.57 bits per heavy atom. The summed E-state index contributed by atoms with van der Waals surface area (Å²) < 4.78 is 22.5. The van der Waals surface area contributed by atoms with Crippen LogP contribution in [-0.4, -0.2) is 103 Å². The molecule has 1 saturated carbocycles. The third-order valence-electron chi connectivity index (χ3n) is 8.63. The van der Waals surface area contributed by atoms with Gasteiger partial charge in [-0.3, -0.25) is 9.59 Å². The van der Waals surface area contributed by atoms with Crippen LogP contribution in [0.1, 0.15) is 93.9 Å². The third-order valence-corrected chi connectivity index (χ3v) is 8.63. The molecule has 10 nitrogen and oxygen atoms in total. The number of benzene rings is 2. The van der Waals surface area contributed by atoms with Gasteiger partial charge in [0, 0.05) is 62.5 Å². The Balaban J connectivity index is 1.52. The lowest BCUT2D eigenvalue weighted by atomic mass is 9.93. The first-order valence-corrected chi connectivity index (χ1v) is 16.9. The van der Waals surface area contributed by atoms with E-state index in [9.17, 15) is 14.4 Å². The highest BCUT2D eigenvalue weighted by atomic mass is 16.6. The van der Waals surface area contributed by atoms with E-state index in [0.29, 0.717) is 68.2 Å². The van der Waals surface area contributed by atoms with E-state index >= 15 is 0 Å². The van der Waals surface area contributed by atoms with E-state index < -0.39 is 11.7 Å². The number of hydrogen-bond acceptors (Lipinski definition) is 7. The van der Waals surface area contributed by atoms with Crippen LogP contribution in [0.5, 0.6) is 11.5 Å². The smallest absolute Gasteiger partial charge is 0.410 e. The van der Waals surface area contributed by atoms with Gasteiger partial charge >= 0.3 is 6.09 Å². The van der Waals surface area contributed by atoms with Crippen molar-refractivity contribution in [1.82, 2.24) is 14.7 Å². The molecule has 258 valence electrons. The fourth-order valence-corrected chi connectivity index (χ4v) is 6.23. The van der Waals surface area contributed by atoms with Crippen molar-refractivity contribution in [2.24, 2.45) is 0 Å². The molecule has 2 atom stereocenters. The molecular formula is C37H53N3O7. The molecule has 3 amide bonds. The molecule has 1 aliphatic heterocycles. The monoisotopic (exact) mass is 651 g/mol. The largest absolute Gasteiger partial charge is 0.493 e. The van der Waals surface area contributed by atoms with Crippen LogP contribution >= 0.6 is 0 Å². The lowest BCUT2D eigenvalue weighted by Gasteiger charge is -2.45. The molecule has 0 radical (unpaired) electrons. The zero-order valence-corrected chi connectivity index (χ0v) is 29.2. The van der Waals surface area contributed by atoms with E-state index in [-0.39, 0.29) is 36.0 Å². The van der Waals surface area contributed by atoms with Crippen LogP contribution in [0, 0.1) is 0 Å². The molecule has 0 bridgehead atoms. The van der Waals surface area contributed by atoms with Crippen LogP contribution in [0.15, 0.2) is 48.5 Å². The van der Waals surface area contributed by atoms with Gasteiger partial charge in [0.25, 0.3) is 11.8 Å². The van der Waals surface area contributed by atoms with Gasteiger partial charge in [0.2, 0.25) is 0 Å². The summed E-state index contributed by atoms with van der Waals surface area (Å²) in [5.74, 6) is 0.953. The second-order valence-electron chi connectivity index (χ2n) is 13.8. The number of carbonyl (C=O) groups excluding carboxylic acids is 3. The predicted molar refractivity (Wildman–Crippen MR) is 181 cm³/mol. The number of hydrogen-bond donors (Lipinski definition) is 0. The zero-order chi connectivity index (χ0) is 34.1. The minimum absolute atomic E-state index is 0.0312. The summed E-state index contributed by atoms with van der Waals surface area (Å²) >= 11 is 0. The van der Waals surface area contributed by atoms with E-state index in [1.807, 2.05) is 74.8 Å². The van der Waals surface area contributed by atoms with Gasteiger partial charge in [0.05, 0.1) is 19.8 Å². The summed E-state index contributed by atoms with van der Waals surface area (Å²) in [6.07, 6.45) is 4.36. The van der Waals surface area contributed by atoms with Crippen molar-refractivity contribution in [2.45, 2.75) is 103 Å². The Hall–Kier alpha value is -3.79. The summed E-state index contributed by atoms with van der Waals surface area (Å²) in [5, 5.41) is 0. The van der Waals surface area contributed by atoms with Gasteiger partial charge in [-0.2, -0.15) is 0 Å². The minimum atomic E-state index is -0.672. The Morgan fingerprint density at radius 3 is 2.19 bits per heavy atom. The normalized spacial score (nSPS) is 18.1. The number of nitrogens with zero attached hydrogens (tertiary/aromatic N) is 3. The van der Waals surface area contributed by atoms with Gasteiger partial charge in [-0.15, -0.1) is 0 Å². The van der Waals surface area contributed by atoms with Crippen molar-refractivity contribution in [2.75, 3.05) is 40.5 Å². The van der Waals surface area contributed by atoms with Gasteiger partial charge < -0.3 is 33.6 Å². The molecule has 2 aromatic rings. The molecule has 0 unspecified atom stereocenters. The molecule has 1 heterocycles. The Bertz CT molecular complexity index is 1340. The standard InChI is InChI=1S/C37H53N3O7/c1-26(2)40(35(42)28-14-19-32(45-7)33(24-28)46-23-11-22-44-6)31-18-17-30(39(25-31)36(43)47-37(3,4)5)20-21-38(29-15-16-29)34(41)27-12-9-8-10-13-27/h8-10,12-14,19,24,26,29-31H,11,15-18,20-23,25H2,1-7H3/t30-,31+/m0/s1. The maximum Gasteiger partial charge on any atom is 0.410 e. The summed E-state index contributed by atoms with van der Waals surface area (Å²) in [6, 6.07) is 14.4. The number of rotatable bonds is 14. The van der Waals surface area contributed by atoms with Crippen molar-refractivity contribution in [1.29, 1.82) is 0 Å². The van der Waals surface area contributed by atoms with Crippen LogP contribution < -0.4 is 9.47 Å². The molecule has 1 aliphatic carbocycles. The number of piperidine rings is 1. The number of methoxy groups -OCH3 is 2. The van der Waals surface area contributed by atoms with E-state index in [4.69, 9.17) is 18.9 Å². The first-order valence-electron chi connectivity index (χ1n) is 16.9. The summed E-state index contributed by atoms with van der Waals surface area (Å²) in [5.41, 5.74) is 0.501. The maximum absolute atomic E-state index is 14.1. The molecule has 2 aromatic carbocycles. The second kappa shape index (κ2) is 16.4. The number of carbonyl (C=O) groups is 3. The van der Waals surface area contributed by atoms with E-state index in [2.05, 4.69) is 0 Å². The molecule has 0 spiro atoms. The first-order chi connectivity index (χ1) is 22.4. The summed E-state index contributed by atoms with van der Waals surface area (Å²) in [6.45, 7) is 11.5. The Morgan fingerprint density at radius 1 is 0.872 bits per heavy atom. The molecular weight excluding hydrogens is 598 g/mol. The summed E-state index contributed by atoms with van der Waals surface area (Å²) in [4.78, 5) is 46.9. The quantitative estimate of drug-likeness (QED) is 0.217. The molecule has 0 N–H and O–H groups in total. The highest BCUT2D eigenvalue weighted by Crippen LogP contribution is 2.33. The first kappa shape index (κ1) is 36.1. The minimum Gasteiger partial charge on any atom is -0.493 e. The number of amides is 3. The van der Waals surface area contributed by atoms with Gasteiger partial charge in [-0.25, -0.2) is 4.79 Å². The fourth-order valence-electron chi connectivity index (χ4n) is 6.23. The Labute approximate surface area is 280 Å². The maximum atomic E-state index is 14.1. The topological polar surface area (TPSA) is 97.9 Å². The SMILES string of the molecule is COCCCOc1cc(C(=O)N(C(C)C)[C@@H]2CC[C@@H](CCN(C(=O)c3ccccc3)C3CC3)N(C(=O)OC(C)(C)C)C2)ccc1OC. The van der Waals surface area contributed by atoms with Gasteiger partial charge in [0.15, 0.2) is 11.5 Å². The van der Waals surface area contributed by atoms with Crippen LogP contribution in [0.25, 0.3) is 0 Å². The van der Waals surface area contributed by atoms with Gasteiger partial charge in [-0.1, -0.05) is 18.2 Å². The molecule has 0 aromatic heterocycles. The molecule has 47 heavy (non-hydrogen) atoms. The van der Waals surface area contributed by atoms with E-state index in [1.54, 1.807) is 37.3 Å². The van der Waals surface area contributed by atoms with Crippen molar-refractivity contribution >= 4 is 17.9 Å². The van der Waals surface area contributed by atoms with Crippen LogP contribution in [0.3, 0.4) is 0 Å². The third kappa shape index (κ3) is 9.86. The highest BCUT2D eigenvalue weighted by molar-refractivity contribution is 5.95. The second-order valence-corrected chi connectivity index (χ2v) is 13.8. The average Bonchev–Trinajstić information content (AvgIpc) is 3.88. The van der Waals surface area contributed by atoms with Crippen LogP contribution in [0.4, 0.5) is 4.79 Å². The van der Waals surface area contributed by atoms with Crippen molar-refractivity contribution in [3.63, 3.8) is 0 Å². The molecule has 2 fully saturated rings. The average molecular weight is 652 g/mol. The van der Waals surface area contributed by atoms with Crippen LogP contribution in [0.2, 0.25) is 0 Å². The van der Waals surface area contributed by atoms with Crippen molar-refractivity contribution in [3.8, 4) is 11.5 Å². The van der Waals surface area contributed by atoms with E-state index in [0.717, 1.165) is 19.3 Å². The van der Waals surface area contributed by atoms with Crippen molar-refractivity contribution in [3.05, 3.63) is 59.7 Å². The molecule has 4 rings (SSSR count). The summed E-state index contributed by atoms with van der Waals surface area (Å²) in [7, 11) is 3.22. The lowest BCUT2D eigenvalue weighted by molar-refractivity contribution is -0.00901. The Kier molecular flexibility index (Phi) is 12.5. The lowest BCUT2D eigenvalue weighted by Crippen LogP contribution is -2.58. The predicted octanol–water partition coefficient (Wildman–Crippen LogP) is 6.42. The van der Waals surface area contributed by atoms with Gasteiger partial charge in [-0.05, 0) is 97.1 Å². The number of ether oxygens (including phenoxy) is 4. The highest BCUT2D eigenvalue weighted by Gasteiger charge is 2.40. The fraction of sp³-hybridized carbons (Fsp3) is 0.595. The van der Waals surface area contributed by atoms with Crippen molar-refractivity contribution < 1.29 is 33.3 Å². The molecule has 1 saturated heterocycles. The van der Waals surface area contributed by atoms with Crippen LogP contribution in [-0.2, 0) is 9.47 Å². The zero-order valence-electron chi connectivity index (χ0n) is 29.2. The molecule has 2 aliphatic rings. The number of likely N-dealkylation sites (tertiary alicyclic amines) is 1. The van der Waals surface area contributed by atoms with E-state index in [1.165, 1.54) is 0 Å².